The molecule has 21 heavy (non-hydrogen) atoms. The zero-order valence-electron chi connectivity index (χ0n) is 14.5. The van der Waals surface area contributed by atoms with Crippen LogP contribution in [-0.2, 0) is 0 Å². The number of aryl methyl sites for hydroxylation is 2. The molecule has 1 aromatic heterocycles. The molecular formula is C18H29N3. The predicted molar refractivity (Wildman–Crippen MR) is 90.8 cm³/mol. The number of hydrogen-bond acceptors (Lipinski definition) is 2. The van der Waals surface area contributed by atoms with E-state index < -0.39 is 0 Å². The number of nitrogens with one attached hydrogen (secondary N) is 1. The number of aromatic nitrogens is 2. The first-order valence-corrected chi connectivity index (χ1v) is 7.88. The summed E-state index contributed by atoms with van der Waals surface area (Å²) in [6, 6.07) is 4.87. The molecule has 0 aliphatic heterocycles. The molecule has 0 bridgehead atoms. The van der Waals surface area contributed by atoms with Crippen molar-refractivity contribution in [1.82, 2.24) is 14.9 Å². The number of rotatable bonds is 4. The lowest BCUT2D eigenvalue weighted by atomic mass is 10.0. The van der Waals surface area contributed by atoms with E-state index in [1.807, 2.05) is 6.33 Å². The molecule has 2 aromatic rings. The Labute approximate surface area is 128 Å². The first kappa shape index (κ1) is 16.0. The standard InChI is InChI=1S/C18H29N3/c1-12-8-16-17(9-13(12)2)21(11-19-16)15(4)14(3)10-20-18(5,6)7/h8-9,11,14-15,20H,10H2,1-7H3. The van der Waals surface area contributed by atoms with E-state index in [1.165, 1.54) is 16.6 Å². The molecule has 1 N–H and O–H groups in total. The van der Waals surface area contributed by atoms with Crippen LogP contribution in [0, 0.1) is 19.8 Å². The molecular weight excluding hydrogens is 258 g/mol. The van der Waals surface area contributed by atoms with Crippen molar-refractivity contribution in [1.29, 1.82) is 0 Å². The first-order chi connectivity index (χ1) is 9.69. The van der Waals surface area contributed by atoms with Gasteiger partial charge in [-0.15, -0.1) is 0 Å². The van der Waals surface area contributed by atoms with Crippen molar-refractivity contribution < 1.29 is 0 Å². The molecule has 3 heteroatoms. The second-order valence-corrected chi connectivity index (χ2v) is 7.43. The smallest absolute Gasteiger partial charge is 0.0960 e. The topological polar surface area (TPSA) is 29.9 Å². The van der Waals surface area contributed by atoms with Gasteiger partial charge in [-0.05, 0) is 70.7 Å². The normalized spacial score (nSPS) is 15.4. The van der Waals surface area contributed by atoms with Crippen molar-refractivity contribution in [3.8, 4) is 0 Å². The molecule has 0 saturated heterocycles. The molecule has 0 saturated carbocycles. The van der Waals surface area contributed by atoms with E-state index in [0.29, 0.717) is 12.0 Å². The van der Waals surface area contributed by atoms with Crippen molar-refractivity contribution in [2.45, 2.75) is 60.0 Å². The van der Waals surface area contributed by atoms with Crippen LogP contribution >= 0.6 is 0 Å². The Morgan fingerprint density at radius 2 is 1.76 bits per heavy atom. The highest BCUT2D eigenvalue weighted by molar-refractivity contribution is 5.77. The molecule has 0 radical (unpaired) electrons. The predicted octanol–water partition coefficient (Wildman–Crippen LogP) is 4.24. The van der Waals surface area contributed by atoms with Crippen LogP contribution in [-0.4, -0.2) is 21.6 Å². The van der Waals surface area contributed by atoms with Crippen LogP contribution < -0.4 is 5.32 Å². The lowest BCUT2D eigenvalue weighted by molar-refractivity contribution is 0.320. The van der Waals surface area contributed by atoms with Gasteiger partial charge >= 0.3 is 0 Å². The Morgan fingerprint density at radius 3 is 2.38 bits per heavy atom. The molecule has 2 atom stereocenters. The summed E-state index contributed by atoms with van der Waals surface area (Å²) in [4.78, 5) is 4.58. The van der Waals surface area contributed by atoms with Gasteiger partial charge in [-0.25, -0.2) is 4.98 Å². The fourth-order valence-corrected chi connectivity index (χ4v) is 2.52. The number of hydrogen-bond donors (Lipinski definition) is 1. The molecule has 0 amide bonds. The molecule has 1 heterocycles. The largest absolute Gasteiger partial charge is 0.327 e. The molecule has 0 spiro atoms. The van der Waals surface area contributed by atoms with Crippen LogP contribution in [0.25, 0.3) is 11.0 Å². The number of benzene rings is 1. The minimum Gasteiger partial charge on any atom is -0.327 e. The first-order valence-electron chi connectivity index (χ1n) is 7.88. The van der Waals surface area contributed by atoms with Gasteiger partial charge in [-0.3, -0.25) is 0 Å². The van der Waals surface area contributed by atoms with Crippen LogP contribution in [0.15, 0.2) is 18.5 Å². The fourth-order valence-electron chi connectivity index (χ4n) is 2.52. The van der Waals surface area contributed by atoms with Gasteiger partial charge in [0, 0.05) is 18.1 Å². The SMILES string of the molecule is Cc1cc2ncn(C(C)C(C)CNC(C)(C)C)c2cc1C. The maximum absolute atomic E-state index is 4.58. The van der Waals surface area contributed by atoms with Crippen LogP contribution in [0.1, 0.15) is 51.8 Å². The summed E-state index contributed by atoms with van der Waals surface area (Å²) < 4.78 is 2.32. The average Bonchev–Trinajstić information content (AvgIpc) is 2.77. The average molecular weight is 287 g/mol. The van der Waals surface area contributed by atoms with Crippen molar-refractivity contribution in [2.24, 2.45) is 5.92 Å². The van der Waals surface area contributed by atoms with Crippen molar-refractivity contribution >= 4 is 11.0 Å². The van der Waals surface area contributed by atoms with Crippen molar-refractivity contribution in [3.05, 3.63) is 29.6 Å². The highest BCUT2D eigenvalue weighted by Crippen LogP contribution is 2.25. The minimum absolute atomic E-state index is 0.165. The molecule has 2 rings (SSSR count). The summed E-state index contributed by atoms with van der Waals surface area (Å²) in [5.41, 5.74) is 5.15. The van der Waals surface area contributed by atoms with E-state index in [1.54, 1.807) is 0 Å². The zero-order valence-corrected chi connectivity index (χ0v) is 14.5. The Bertz CT molecular complexity index is 619. The second kappa shape index (κ2) is 5.80. The highest BCUT2D eigenvalue weighted by atomic mass is 15.1. The van der Waals surface area contributed by atoms with E-state index in [4.69, 9.17) is 0 Å². The Hall–Kier alpha value is -1.35. The molecule has 116 valence electrons. The lowest BCUT2D eigenvalue weighted by Gasteiger charge is -2.27. The van der Waals surface area contributed by atoms with Gasteiger partial charge in [0.1, 0.15) is 0 Å². The minimum atomic E-state index is 0.165. The Morgan fingerprint density at radius 1 is 1.14 bits per heavy atom. The summed E-state index contributed by atoms with van der Waals surface area (Å²) >= 11 is 0. The van der Waals surface area contributed by atoms with Gasteiger partial charge in [0.25, 0.3) is 0 Å². The number of fused-ring (bicyclic) bond motifs is 1. The van der Waals surface area contributed by atoms with Crippen molar-refractivity contribution in [2.75, 3.05) is 6.54 Å². The Balaban J connectivity index is 2.23. The van der Waals surface area contributed by atoms with Gasteiger partial charge in [0.05, 0.1) is 17.4 Å². The molecule has 1 aromatic carbocycles. The number of nitrogens with zero attached hydrogens (tertiary/aromatic N) is 2. The van der Waals surface area contributed by atoms with Gasteiger partial charge in [-0.1, -0.05) is 6.92 Å². The summed E-state index contributed by atoms with van der Waals surface area (Å²) in [6.07, 6.45) is 1.99. The van der Waals surface area contributed by atoms with Crippen LogP contribution in [0.4, 0.5) is 0 Å². The number of imidazole rings is 1. The van der Waals surface area contributed by atoms with Gasteiger partial charge in [0.2, 0.25) is 0 Å². The summed E-state index contributed by atoms with van der Waals surface area (Å²) in [7, 11) is 0. The zero-order chi connectivity index (χ0) is 15.8. The van der Waals surface area contributed by atoms with E-state index in [0.717, 1.165) is 12.1 Å². The van der Waals surface area contributed by atoms with E-state index >= 15 is 0 Å². The summed E-state index contributed by atoms with van der Waals surface area (Å²) in [5.74, 6) is 0.545. The third kappa shape index (κ3) is 3.65. The Kier molecular flexibility index (Phi) is 4.43. The fraction of sp³-hybridized carbons (Fsp3) is 0.611. The lowest BCUT2D eigenvalue weighted by Crippen LogP contribution is -2.40. The van der Waals surface area contributed by atoms with Gasteiger partial charge < -0.3 is 9.88 Å². The van der Waals surface area contributed by atoms with E-state index in [-0.39, 0.29) is 5.54 Å². The van der Waals surface area contributed by atoms with E-state index in [2.05, 4.69) is 75.5 Å². The molecule has 2 unspecified atom stereocenters. The summed E-state index contributed by atoms with van der Waals surface area (Å²) in [5, 5.41) is 3.60. The molecule has 0 aliphatic rings. The molecule has 0 aliphatic carbocycles. The van der Waals surface area contributed by atoms with Crippen LogP contribution in [0.5, 0.6) is 0 Å². The quantitative estimate of drug-likeness (QED) is 0.911. The molecule has 3 nitrogen and oxygen atoms in total. The monoisotopic (exact) mass is 287 g/mol. The second-order valence-electron chi connectivity index (χ2n) is 7.43. The maximum atomic E-state index is 4.58. The van der Waals surface area contributed by atoms with Crippen molar-refractivity contribution in [3.63, 3.8) is 0 Å². The third-order valence-electron chi connectivity index (χ3n) is 4.41. The summed E-state index contributed by atoms with van der Waals surface area (Å²) in [6.45, 7) is 16.5. The van der Waals surface area contributed by atoms with Crippen LogP contribution in [0.2, 0.25) is 0 Å². The third-order valence-corrected chi connectivity index (χ3v) is 4.41. The maximum Gasteiger partial charge on any atom is 0.0960 e. The van der Waals surface area contributed by atoms with Gasteiger partial charge in [-0.2, -0.15) is 0 Å². The molecule has 0 fully saturated rings. The van der Waals surface area contributed by atoms with E-state index in [9.17, 15) is 0 Å². The highest BCUT2D eigenvalue weighted by Gasteiger charge is 2.19. The van der Waals surface area contributed by atoms with Crippen LogP contribution in [0.3, 0.4) is 0 Å². The van der Waals surface area contributed by atoms with Gasteiger partial charge in [0.15, 0.2) is 0 Å².